The van der Waals surface area contributed by atoms with Gasteiger partial charge in [-0.2, -0.15) is 0 Å². The van der Waals surface area contributed by atoms with Crippen LogP contribution in [0.4, 0.5) is 0 Å². The first-order chi connectivity index (χ1) is 9.69. The Morgan fingerprint density at radius 3 is 2.45 bits per heavy atom. The van der Waals surface area contributed by atoms with Crippen molar-refractivity contribution >= 4 is 5.91 Å². The standard InChI is InChI=1S/C15H24N2O3/c1-3-10-17-12(15(16)18)9-11-20-14-8-6-5-7-13(14)19-4-2/h5-8,12,17H,3-4,9-11H2,1-2H3,(H2,16,18). The second kappa shape index (κ2) is 9.20. The molecule has 0 radical (unpaired) electrons. The van der Waals surface area contributed by atoms with E-state index in [2.05, 4.69) is 5.32 Å². The maximum atomic E-state index is 11.3. The van der Waals surface area contributed by atoms with Gasteiger partial charge in [0, 0.05) is 6.42 Å². The Bertz CT molecular complexity index is 410. The molecule has 3 N–H and O–H groups in total. The molecule has 20 heavy (non-hydrogen) atoms. The lowest BCUT2D eigenvalue weighted by Gasteiger charge is -2.16. The summed E-state index contributed by atoms with van der Waals surface area (Å²) in [6.45, 7) is 5.73. The van der Waals surface area contributed by atoms with Gasteiger partial charge in [0.05, 0.1) is 19.3 Å². The summed E-state index contributed by atoms with van der Waals surface area (Å²) in [4.78, 5) is 11.3. The average molecular weight is 280 g/mol. The molecule has 1 unspecified atom stereocenters. The van der Waals surface area contributed by atoms with Crippen molar-refractivity contribution in [1.82, 2.24) is 5.32 Å². The van der Waals surface area contributed by atoms with Gasteiger partial charge in [0.25, 0.3) is 0 Å². The number of primary amides is 1. The van der Waals surface area contributed by atoms with Gasteiger partial charge in [-0.3, -0.25) is 4.79 Å². The van der Waals surface area contributed by atoms with E-state index in [9.17, 15) is 4.79 Å². The van der Waals surface area contributed by atoms with Crippen molar-refractivity contribution in [1.29, 1.82) is 0 Å². The zero-order chi connectivity index (χ0) is 14.8. The fourth-order valence-corrected chi connectivity index (χ4v) is 1.79. The Labute approximate surface area is 120 Å². The Hall–Kier alpha value is -1.75. The first-order valence-electron chi connectivity index (χ1n) is 7.06. The molecular weight excluding hydrogens is 256 g/mol. The average Bonchev–Trinajstić information content (AvgIpc) is 2.44. The van der Waals surface area contributed by atoms with Crippen LogP contribution in [0.15, 0.2) is 24.3 Å². The molecule has 1 aromatic rings. The summed E-state index contributed by atoms with van der Waals surface area (Å²) in [5.41, 5.74) is 5.35. The number of carbonyl (C=O) groups excluding carboxylic acids is 1. The molecule has 0 aliphatic carbocycles. The predicted molar refractivity (Wildman–Crippen MR) is 79.0 cm³/mol. The minimum absolute atomic E-state index is 0.347. The number of carbonyl (C=O) groups is 1. The zero-order valence-electron chi connectivity index (χ0n) is 12.2. The van der Waals surface area contributed by atoms with Gasteiger partial charge in [-0.05, 0) is 32.0 Å². The van der Waals surface area contributed by atoms with Crippen LogP contribution >= 0.6 is 0 Å². The maximum Gasteiger partial charge on any atom is 0.234 e. The molecule has 0 saturated carbocycles. The number of benzene rings is 1. The van der Waals surface area contributed by atoms with Crippen molar-refractivity contribution in [3.8, 4) is 11.5 Å². The number of para-hydroxylation sites is 2. The van der Waals surface area contributed by atoms with Crippen LogP contribution in [0, 0.1) is 0 Å². The highest BCUT2D eigenvalue weighted by Gasteiger charge is 2.14. The molecule has 0 aliphatic heterocycles. The van der Waals surface area contributed by atoms with Crippen LogP contribution in [0.1, 0.15) is 26.7 Å². The summed E-state index contributed by atoms with van der Waals surface area (Å²) < 4.78 is 11.2. The lowest BCUT2D eigenvalue weighted by atomic mass is 10.2. The quantitative estimate of drug-likeness (QED) is 0.684. The van der Waals surface area contributed by atoms with Gasteiger partial charge in [0.15, 0.2) is 11.5 Å². The van der Waals surface area contributed by atoms with Gasteiger partial charge in [0.1, 0.15) is 0 Å². The first-order valence-corrected chi connectivity index (χ1v) is 7.06. The summed E-state index contributed by atoms with van der Waals surface area (Å²) >= 11 is 0. The fraction of sp³-hybridized carbons (Fsp3) is 0.533. The highest BCUT2D eigenvalue weighted by atomic mass is 16.5. The first kappa shape index (κ1) is 16.3. The Morgan fingerprint density at radius 1 is 1.25 bits per heavy atom. The number of hydrogen-bond donors (Lipinski definition) is 2. The predicted octanol–water partition coefficient (Wildman–Crippen LogP) is 1.71. The summed E-state index contributed by atoms with van der Waals surface area (Å²) in [6, 6.07) is 7.14. The summed E-state index contributed by atoms with van der Waals surface area (Å²) in [6.07, 6.45) is 1.49. The molecule has 0 aliphatic rings. The van der Waals surface area contributed by atoms with Crippen LogP contribution in [0.25, 0.3) is 0 Å². The van der Waals surface area contributed by atoms with E-state index < -0.39 is 0 Å². The van der Waals surface area contributed by atoms with Crippen LogP contribution in [0.5, 0.6) is 11.5 Å². The summed E-state index contributed by atoms with van der Waals surface area (Å²) in [7, 11) is 0. The molecule has 0 heterocycles. The van der Waals surface area contributed by atoms with Crippen molar-refractivity contribution < 1.29 is 14.3 Å². The molecule has 5 nitrogen and oxygen atoms in total. The third-order valence-corrected chi connectivity index (χ3v) is 2.80. The van der Waals surface area contributed by atoms with E-state index >= 15 is 0 Å². The molecule has 0 saturated heterocycles. The number of ether oxygens (including phenoxy) is 2. The minimum Gasteiger partial charge on any atom is -0.490 e. The third-order valence-electron chi connectivity index (χ3n) is 2.80. The molecule has 0 spiro atoms. The number of nitrogens with two attached hydrogens (primary N) is 1. The number of hydrogen-bond acceptors (Lipinski definition) is 4. The van der Waals surface area contributed by atoms with Gasteiger partial charge in [-0.1, -0.05) is 19.1 Å². The second-order valence-corrected chi connectivity index (χ2v) is 4.43. The summed E-state index contributed by atoms with van der Waals surface area (Å²) in [5.74, 6) is 1.06. The topological polar surface area (TPSA) is 73.6 Å². The van der Waals surface area contributed by atoms with Crippen molar-refractivity contribution in [3.63, 3.8) is 0 Å². The SMILES string of the molecule is CCCNC(CCOc1ccccc1OCC)C(N)=O. The molecule has 1 amide bonds. The van der Waals surface area contributed by atoms with E-state index in [1.54, 1.807) is 0 Å². The van der Waals surface area contributed by atoms with Gasteiger partial charge >= 0.3 is 0 Å². The Kier molecular flexibility index (Phi) is 7.50. The van der Waals surface area contributed by atoms with Crippen LogP contribution in [-0.4, -0.2) is 31.7 Å². The second-order valence-electron chi connectivity index (χ2n) is 4.43. The molecule has 0 bridgehead atoms. The fourth-order valence-electron chi connectivity index (χ4n) is 1.79. The number of rotatable bonds is 10. The molecule has 0 fully saturated rings. The molecule has 1 rings (SSSR count). The lowest BCUT2D eigenvalue weighted by Crippen LogP contribution is -2.42. The van der Waals surface area contributed by atoms with E-state index in [0.717, 1.165) is 13.0 Å². The summed E-state index contributed by atoms with van der Waals surface area (Å²) in [5, 5.41) is 3.11. The van der Waals surface area contributed by atoms with Gasteiger partial charge in [-0.25, -0.2) is 0 Å². The Balaban J connectivity index is 2.47. The normalized spacial score (nSPS) is 11.9. The lowest BCUT2D eigenvalue weighted by molar-refractivity contribution is -0.120. The smallest absolute Gasteiger partial charge is 0.234 e. The van der Waals surface area contributed by atoms with E-state index in [1.165, 1.54) is 0 Å². The highest BCUT2D eigenvalue weighted by Crippen LogP contribution is 2.26. The van der Waals surface area contributed by atoms with Gasteiger partial charge in [0.2, 0.25) is 5.91 Å². The minimum atomic E-state index is -0.353. The molecule has 1 atom stereocenters. The van der Waals surface area contributed by atoms with Crippen molar-refractivity contribution in [3.05, 3.63) is 24.3 Å². The van der Waals surface area contributed by atoms with Gasteiger partial charge in [-0.15, -0.1) is 0 Å². The van der Waals surface area contributed by atoms with Crippen molar-refractivity contribution in [2.75, 3.05) is 19.8 Å². The largest absolute Gasteiger partial charge is 0.490 e. The number of nitrogens with one attached hydrogen (secondary N) is 1. The van der Waals surface area contributed by atoms with Gasteiger partial charge < -0.3 is 20.5 Å². The van der Waals surface area contributed by atoms with Crippen molar-refractivity contribution in [2.24, 2.45) is 5.73 Å². The Morgan fingerprint density at radius 2 is 1.90 bits per heavy atom. The molecule has 0 aromatic heterocycles. The van der Waals surface area contributed by atoms with E-state index in [0.29, 0.717) is 31.1 Å². The van der Waals surface area contributed by atoms with Crippen LogP contribution in [0.2, 0.25) is 0 Å². The van der Waals surface area contributed by atoms with Crippen LogP contribution in [-0.2, 0) is 4.79 Å². The van der Waals surface area contributed by atoms with E-state index in [1.807, 2.05) is 38.1 Å². The maximum absolute atomic E-state index is 11.3. The molecular formula is C15H24N2O3. The highest BCUT2D eigenvalue weighted by molar-refractivity contribution is 5.79. The molecule has 1 aromatic carbocycles. The molecule has 5 heteroatoms. The third kappa shape index (κ3) is 5.48. The number of amides is 1. The molecule has 112 valence electrons. The van der Waals surface area contributed by atoms with E-state index in [-0.39, 0.29) is 11.9 Å². The van der Waals surface area contributed by atoms with Crippen LogP contribution in [0.3, 0.4) is 0 Å². The van der Waals surface area contributed by atoms with Crippen LogP contribution < -0.4 is 20.5 Å². The van der Waals surface area contributed by atoms with E-state index in [4.69, 9.17) is 15.2 Å². The zero-order valence-corrected chi connectivity index (χ0v) is 12.2. The monoisotopic (exact) mass is 280 g/mol. The van der Waals surface area contributed by atoms with Crippen molar-refractivity contribution in [2.45, 2.75) is 32.7 Å².